The molecule has 0 saturated carbocycles. The lowest BCUT2D eigenvalue weighted by atomic mass is 10.3. The molecule has 0 bridgehead atoms. The molecular formula is C14H14NO4P. The fraction of sp³-hybridized carbons (Fsp3) is 0.143. The van der Waals surface area contributed by atoms with Crippen LogP contribution in [-0.4, -0.2) is 11.1 Å². The summed E-state index contributed by atoms with van der Waals surface area (Å²) in [4.78, 5) is 10.1. The Morgan fingerprint density at radius 1 is 1.10 bits per heavy atom. The first-order valence-corrected chi connectivity index (χ1v) is 7.95. The number of hydrogen-bond donors (Lipinski definition) is 0. The topological polar surface area (TPSA) is 69.4 Å². The molecule has 1 atom stereocenters. The van der Waals surface area contributed by atoms with Crippen molar-refractivity contribution in [2.45, 2.75) is 6.92 Å². The van der Waals surface area contributed by atoms with E-state index in [2.05, 4.69) is 0 Å². The third kappa shape index (κ3) is 3.06. The van der Waals surface area contributed by atoms with Crippen LogP contribution in [0.15, 0.2) is 54.6 Å². The standard InChI is InChI=1S/C14H14NO4P/c1-2-20(18,19-13-6-4-3-5-7-13)14-10-8-12(9-11-14)15(16)17/h3-11H,2H2,1H3. The van der Waals surface area contributed by atoms with E-state index in [0.29, 0.717) is 17.2 Å². The van der Waals surface area contributed by atoms with Gasteiger partial charge in [-0.2, -0.15) is 0 Å². The SMILES string of the molecule is CCP(=O)(Oc1ccccc1)c1ccc([N+](=O)[O-])cc1. The molecule has 6 heteroatoms. The Labute approximate surface area is 116 Å². The van der Waals surface area contributed by atoms with Crippen LogP contribution in [-0.2, 0) is 4.57 Å². The summed E-state index contributed by atoms with van der Waals surface area (Å²) < 4.78 is 18.5. The summed E-state index contributed by atoms with van der Waals surface area (Å²) in [6.07, 6.45) is 0.319. The van der Waals surface area contributed by atoms with E-state index in [1.807, 2.05) is 6.07 Å². The van der Waals surface area contributed by atoms with Crippen LogP contribution < -0.4 is 9.83 Å². The highest BCUT2D eigenvalue weighted by Crippen LogP contribution is 2.45. The molecule has 2 aromatic carbocycles. The zero-order chi connectivity index (χ0) is 14.6. The highest BCUT2D eigenvalue weighted by atomic mass is 31.2. The normalized spacial score (nSPS) is 13.4. The maximum atomic E-state index is 12.8. The van der Waals surface area contributed by atoms with Gasteiger partial charge in [0, 0.05) is 23.6 Å². The molecule has 0 aliphatic heterocycles. The molecule has 2 aromatic rings. The van der Waals surface area contributed by atoms with Crippen molar-refractivity contribution in [1.82, 2.24) is 0 Å². The first kappa shape index (κ1) is 14.3. The van der Waals surface area contributed by atoms with Crippen molar-refractivity contribution in [3.63, 3.8) is 0 Å². The zero-order valence-electron chi connectivity index (χ0n) is 10.9. The molecule has 0 aliphatic rings. The average Bonchev–Trinajstić information content (AvgIpc) is 2.48. The smallest absolute Gasteiger partial charge is 0.276 e. The number of hydrogen-bond acceptors (Lipinski definition) is 4. The van der Waals surface area contributed by atoms with Crippen molar-refractivity contribution < 1.29 is 14.0 Å². The predicted molar refractivity (Wildman–Crippen MR) is 77.9 cm³/mol. The van der Waals surface area contributed by atoms with Crippen LogP contribution in [0.1, 0.15) is 6.92 Å². The molecule has 0 radical (unpaired) electrons. The van der Waals surface area contributed by atoms with E-state index >= 15 is 0 Å². The lowest BCUT2D eigenvalue weighted by Crippen LogP contribution is -2.11. The van der Waals surface area contributed by atoms with Gasteiger partial charge in [0.25, 0.3) is 13.1 Å². The molecule has 0 heterocycles. The largest absolute Gasteiger partial charge is 0.440 e. The lowest BCUT2D eigenvalue weighted by Gasteiger charge is -2.18. The minimum atomic E-state index is -3.05. The predicted octanol–water partition coefficient (Wildman–Crippen LogP) is 3.60. The number of nitrogens with zero attached hydrogens (tertiary/aromatic N) is 1. The van der Waals surface area contributed by atoms with Gasteiger partial charge in [0.1, 0.15) is 5.75 Å². The summed E-state index contributed by atoms with van der Waals surface area (Å²) in [5, 5.41) is 11.1. The number of non-ortho nitro benzene ring substituents is 1. The van der Waals surface area contributed by atoms with Crippen LogP contribution in [0, 0.1) is 10.1 Å². The van der Waals surface area contributed by atoms with Crippen molar-refractivity contribution in [3.8, 4) is 5.75 Å². The second-order valence-corrected chi connectivity index (χ2v) is 6.85. The fourth-order valence-corrected chi connectivity index (χ4v) is 3.42. The van der Waals surface area contributed by atoms with E-state index < -0.39 is 12.3 Å². The van der Waals surface area contributed by atoms with E-state index in [4.69, 9.17) is 4.52 Å². The summed E-state index contributed by atoms with van der Waals surface area (Å²) in [6.45, 7) is 1.77. The number of benzene rings is 2. The number of nitro groups is 1. The van der Waals surface area contributed by atoms with Crippen molar-refractivity contribution in [3.05, 3.63) is 64.7 Å². The van der Waals surface area contributed by atoms with Gasteiger partial charge in [0.05, 0.1) is 4.92 Å². The van der Waals surface area contributed by atoms with Gasteiger partial charge in [-0.05, 0) is 24.3 Å². The molecule has 0 aliphatic carbocycles. The summed E-state index contributed by atoms with van der Waals surface area (Å²) in [5.74, 6) is 0.524. The van der Waals surface area contributed by atoms with Gasteiger partial charge < -0.3 is 4.52 Å². The average molecular weight is 291 g/mol. The minimum absolute atomic E-state index is 0.0314. The van der Waals surface area contributed by atoms with Gasteiger partial charge in [-0.1, -0.05) is 25.1 Å². The minimum Gasteiger partial charge on any atom is -0.440 e. The zero-order valence-corrected chi connectivity index (χ0v) is 11.8. The highest BCUT2D eigenvalue weighted by Gasteiger charge is 2.25. The van der Waals surface area contributed by atoms with E-state index in [1.165, 1.54) is 24.3 Å². The molecule has 5 nitrogen and oxygen atoms in total. The molecule has 104 valence electrons. The molecule has 0 saturated heterocycles. The molecule has 0 amide bonds. The second kappa shape index (κ2) is 5.88. The molecule has 1 unspecified atom stereocenters. The van der Waals surface area contributed by atoms with Crippen LogP contribution in [0.3, 0.4) is 0 Å². The Hall–Kier alpha value is -2.13. The van der Waals surface area contributed by atoms with Crippen LogP contribution >= 0.6 is 7.37 Å². The van der Waals surface area contributed by atoms with Gasteiger partial charge >= 0.3 is 0 Å². The molecule has 20 heavy (non-hydrogen) atoms. The number of nitro benzene ring substituents is 1. The third-order valence-corrected chi connectivity index (χ3v) is 5.29. The maximum absolute atomic E-state index is 12.8. The van der Waals surface area contributed by atoms with E-state index in [0.717, 1.165) is 0 Å². The summed E-state index contributed by atoms with van der Waals surface area (Å²) >= 11 is 0. The number of para-hydroxylation sites is 1. The Kier molecular flexibility index (Phi) is 4.20. The van der Waals surface area contributed by atoms with Gasteiger partial charge in [-0.25, -0.2) is 0 Å². The summed E-state index contributed by atoms with van der Waals surface area (Å²) in [6, 6.07) is 14.6. The molecular weight excluding hydrogens is 277 g/mol. The van der Waals surface area contributed by atoms with Gasteiger partial charge in [0.15, 0.2) is 0 Å². The molecule has 0 aromatic heterocycles. The monoisotopic (exact) mass is 291 g/mol. The quantitative estimate of drug-likeness (QED) is 0.479. The molecule has 0 fully saturated rings. The van der Waals surface area contributed by atoms with Gasteiger partial charge in [-0.3, -0.25) is 14.7 Å². The summed E-state index contributed by atoms with van der Waals surface area (Å²) in [5.41, 5.74) is -0.0314. The Morgan fingerprint density at radius 2 is 1.70 bits per heavy atom. The Balaban J connectivity index is 2.30. The molecule has 0 N–H and O–H groups in total. The Bertz CT molecular complexity index is 640. The van der Waals surface area contributed by atoms with Crippen LogP contribution in [0.2, 0.25) is 0 Å². The van der Waals surface area contributed by atoms with Gasteiger partial charge in [0.2, 0.25) is 0 Å². The van der Waals surface area contributed by atoms with Crippen molar-refractivity contribution in [2.75, 3.05) is 6.16 Å². The van der Waals surface area contributed by atoms with E-state index in [1.54, 1.807) is 31.2 Å². The van der Waals surface area contributed by atoms with Crippen LogP contribution in [0.4, 0.5) is 5.69 Å². The van der Waals surface area contributed by atoms with E-state index in [-0.39, 0.29) is 5.69 Å². The molecule has 2 rings (SSSR count). The Morgan fingerprint density at radius 3 is 2.20 bits per heavy atom. The van der Waals surface area contributed by atoms with Crippen molar-refractivity contribution in [2.24, 2.45) is 0 Å². The lowest BCUT2D eigenvalue weighted by molar-refractivity contribution is -0.384. The summed E-state index contributed by atoms with van der Waals surface area (Å²) in [7, 11) is -3.05. The molecule has 0 spiro atoms. The van der Waals surface area contributed by atoms with Gasteiger partial charge in [-0.15, -0.1) is 0 Å². The van der Waals surface area contributed by atoms with Crippen molar-refractivity contribution >= 4 is 18.4 Å². The second-order valence-electron chi connectivity index (χ2n) is 4.17. The maximum Gasteiger partial charge on any atom is 0.276 e. The van der Waals surface area contributed by atoms with Crippen LogP contribution in [0.25, 0.3) is 0 Å². The first-order chi connectivity index (χ1) is 9.55. The highest BCUT2D eigenvalue weighted by molar-refractivity contribution is 7.67. The van der Waals surface area contributed by atoms with Crippen LogP contribution in [0.5, 0.6) is 5.75 Å². The van der Waals surface area contributed by atoms with E-state index in [9.17, 15) is 14.7 Å². The fourth-order valence-electron chi connectivity index (χ4n) is 1.75. The third-order valence-electron chi connectivity index (χ3n) is 2.87. The number of rotatable bonds is 5. The first-order valence-electron chi connectivity index (χ1n) is 6.14. The van der Waals surface area contributed by atoms with Crippen molar-refractivity contribution in [1.29, 1.82) is 0 Å².